The summed E-state index contributed by atoms with van der Waals surface area (Å²) in [6, 6.07) is 5.00. The van der Waals surface area contributed by atoms with E-state index in [-0.39, 0.29) is 6.03 Å². The highest BCUT2D eigenvalue weighted by molar-refractivity contribution is 5.73. The monoisotopic (exact) mass is 276 g/mol. The van der Waals surface area contributed by atoms with Crippen molar-refractivity contribution in [3.8, 4) is 0 Å². The smallest absolute Gasteiger partial charge is 0.319 e. The predicted molar refractivity (Wildman–Crippen MR) is 79.5 cm³/mol. The summed E-state index contributed by atoms with van der Waals surface area (Å²) < 4.78 is 0. The molecule has 1 aromatic rings. The molecule has 1 aromatic heterocycles. The molecule has 2 rings (SSSR count). The summed E-state index contributed by atoms with van der Waals surface area (Å²) in [7, 11) is 3.61. The minimum Gasteiger partial charge on any atom is -0.331 e. The van der Waals surface area contributed by atoms with Crippen LogP contribution in [0.25, 0.3) is 0 Å². The summed E-state index contributed by atoms with van der Waals surface area (Å²) in [4.78, 5) is 19.5. The molecule has 1 aliphatic heterocycles. The Bertz CT molecular complexity index is 427. The van der Waals surface area contributed by atoms with Crippen LogP contribution in [-0.4, -0.2) is 54.0 Å². The first-order valence-electron chi connectivity index (χ1n) is 7.20. The number of rotatable bonds is 3. The molecule has 20 heavy (non-hydrogen) atoms. The highest BCUT2D eigenvalue weighted by Gasteiger charge is 2.24. The third-order valence-electron chi connectivity index (χ3n) is 3.84. The number of amides is 2. The zero-order valence-electron chi connectivity index (χ0n) is 12.5. The van der Waals surface area contributed by atoms with E-state index in [0.717, 1.165) is 25.9 Å². The molecule has 2 amide bonds. The molecular weight excluding hydrogens is 252 g/mol. The van der Waals surface area contributed by atoms with Crippen molar-refractivity contribution in [3.05, 3.63) is 30.1 Å². The third kappa shape index (κ3) is 3.70. The van der Waals surface area contributed by atoms with Gasteiger partial charge < -0.3 is 15.1 Å². The highest BCUT2D eigenvalue weighted by Crippen LogP contribution is 2.17. The molecule has 1 fully saturated rings. The Kier molecular flexibility index (Phi) is 4.95. The maximum absolute atomic E-state index is 11.9. The molecule has 0 spiro atoms. The lowest BCUT2D eigenvalue weighted by molar-refractivity contribution is 0.151. The van der Waals surface area contributed by atoms with Crippen LogP contribution in [0, 0.1) is 0 Å². The minimum absolute atomic E-state index is 0.116. The first-order valence-corrected chi connectivity index (χ1v) is 7.20. The molecule has 1 atom stereocenters. The van der Waals surface area contributed by atoms with Crippen LogP contribution in [0.1, 0.15) is 31.4 Å². The van der Waals surface area contributed by atoms with Crippen LogP contribution in [0.3, 0.4) is 0 Å². The third-order valence-corrected chi connectivity index (χ3v) is 3.84. The van der Waals surface area contributed by atoms with Crippen molar-refractivity contribution >= 4 is 6.03 Å². The van der Waals surface area contributed by atoms with E-state index in [1.807, 2.05) is 29.4 Å². The summed E-state index contributed by atoms with van der Waals surface area (Å²) in [6.45, 7) is 3.84. The van der Waals surface area contributed by atoms with Gasteiger partial charge in [0.15, 0.2) is 0 Å². The van der Waals surface area contributed by atoms with Gasteiger partial charge in [0.05, 0.1) is 0 Å². The van der Waals surface area contributed by atoms with Gasteiger partial charge in [0.1, 0.15) is 0 Å². The number of urea groups is 1. The van der Waals surface area contributed by atoms with Gasteiger partial charge in [0, 0.05) is 51.7 Å². The number of aromatic nitrogens is 1. The maximum Gasteiger partial charge on any atom is 0.319 e. The fraction of sp³-hybridized carbons (Fsp3) is 0.600. The van der Waals surface area contributed by atoms with Gasteiger partial charge in [0.25, 0.3) is 0 Å². The van der Waals surface area contributed by atoms with E-state index in [1.165, 1.54) is 5.56 Å². The molecule has 2 heterocycles. The summed E-state index contributed by atoms with van der Waals surface area (Å²) >= 11 is 0. The SMILES string of the molecule is CC(NC1CCN(C(=O)N(C)C)CC1)c1ccncc1. The maximum atomic E-state index is 11.9. The molecule has 0 aliphatic carbocycles. The normalized spacial score (nSPS) is 17.9. The second kappa shape index (κ2) is 6.70. The van der Waals surface area contributed by atoms with E-state index < -0.39 is 0 Å². The van der Waals surface area contributed by atoms with E-state index in [9.17, 15) is 4.79 Å². The lowest BCUT2D eigenvalue weighted by Gasteiger charge is -2.35. The quantitative estimate of drug-likeness (QED) is 0.917. The van der Waals surface area contributed by atoms with E-state index in [2.05, 4.69) is 17.2 Å². The number of piperidine rings is 1. The number of hydrogen-bond donors (Lipinski definition) is 1. The first kappa shape index (κ1) is 14.8. The van der Waals surface area contributed by atoms with Crippen molar-refractivity contribution in [2.24, 2.45) is 0 Å². The average Bonchev–Trinajstić information content (AvgIpc) is 2.48. The van der Waals surface area contributed by atoms with Gasteiger partial charge in [-0.15, -0.1) is 0 Å². The highest BCUT2D eigenvalue weighted by atomic mass is 16.2. The number of pyridine rings is 1. The van der Waals surface area contributed by atoms with Crippen LogP contribution >= 0.6 is 0 Å². The lowest BCUT2D eigenvalue weighted by Crippen LogP contribution is -2.48. The first-order chi connectivity index (χ1) is 9.58. The van der Waals surface area contributed by atoms with Crippen LogP contribution in [0.5, 0.6) is 0 Å². The molecule has 0 bridgehead atoms. The van der Waals surface area contributed by atoms with Crippen molar-refractivity contribution in [3.63, 3.8) is 0 Å². The summed E-state index contributed by atoms with van der Waals surface area (Å²) in [5.74, 6) is 0. The second-order valence-electron chi connectivity index (χ2n) is 5.61. The molecule has 110 valence electrons. The van der Waals surface area contributed by atoms with E-state index in [1.54, 1.807) is 19.0 Å². The Morgan fingerprint density at radius 1 is 1.35 bits per heavy atom. The Hall–Kier alpha value is -1.62. The van der Waals surface area contributed by atoms with Crippen molar-refractivity contribution in [1.29, 1.82) is 0 Å². The average molecular weight is 276 g/mol. The molecule has 1 saturated heterocycles. The number of carbonyl (C=O) groups is 1. The summed E-state index contributed by atoms with van der Waals surface area (Å²) in [5.41, 5.74) is 1.26. The molecule has 0 radical (unpaired) electrons. The molecule has 1 unspecified atom stereocenters. The van der Waals surface area contributed by atoms with Crippen LogP contribution < -0.4 is 5.32 Å². The minimum atomic E-state index is 0.116. The van der Waals surface area contributed by atoms with Gasteiger partial charge in [-0.05, 0) is 37.5 Å². The molecular formula is C15H24N4O. The van der Waals surface area contributed by atoms with Crippen LogP contribution in [0.4, 0.5) is 4.79 Å². The van der Waals surface area contributed by atoms with E-state index in [4.69, 9.17) is 0 Å². The topological polar surface area (TPSA) is 48.5 Å². The summed E-state index contributed by atoms with van der Waals surface area (Å²) in [6.07, 6.45) is 5.67. The van der Waals surface area contributed by atoms with Crippen LogP contribution in [0.2, 0.25) is 0 Å². The molecule has 1 N–H and O–H groups in total. The van der Waals surface area contributed by atoms with Crippen molar-refractivity contribution in [1.82, 2.24) is 20.1 Å². The molecule has 5 nitrogen and oxygen atoms in total. The van der Waals surface area contributed by atoms with Crippen molar-refractivity contribution in [2.45, 2.75) is 31.8 Å². The predicted octanol–water partition coefficient (Wildman–Crippen LogP) is 1.88. The Morgan fingerprint density at radius 3 is 2.50 bits per heavy atom. The number of likely N-dealkylation sites (tertiary alicyclic amines) is 1. The lowest BCUT2D eigenvalue weighted by atomic mass is 10.0. The Balaban J connectivity index is 1.81. The van der Waals surface area contributed by atoms with E-state index in [0.29, 0.717) is 12.1 Å². The Morgan fingerprint density at radius 2 is 1.95 bits per heavy atom. The van der Waals surface area contributed by atoms with Gasteiger partial charge in [-0.2, -0.15) is 0 Å². The zero-order valence-corrected chi connectivity index (χ0v) is 12.5. The van der Waals surface area contributed by atoms with Crippen LogP contribution in [0.15, 0.2) is 24.5 Å². The largest absolute Gasteiger partial charge is 0.331 e. The fourth-order valence-corrected chi connectivity index (χ4v) is 2.62. The van der Waals surface area contributed by atoms with Gasteiger partial charge in [-0.25, -0.2) is 4.79 Å². The fourth-order valence-electron chi connectivity index (χ4n) is 2.62. The second-order valence-corrected chi connectivity index (χ2v) is 5.61. The Labute approximate surface area is 121 Å². The zero-order chi connectivity index (χ0) is 14.5. The van der Waals surface area contributed by atoms with Crippen molar-refractivity contribution in [2.75, 3.05) is 27.2 Å². The van der Waals surface area contributed by atoms with Crippen molar-refractivity contribution < 1.29 is 4.79 Å². The molecule has 5 heteroatoms. The molecule has 0 saturated carbocycles. The van der Waals surface area contributed by atoms with Crippen LogP contribution in [-0.2, 0) is 0 Å². The van der Waals surface area contributed by atoms with Gasteiger partial charge in [-0.1, -0.05) is 0 Å². The van der Waals surface area contributed by atoms with Gasteiger partial charge in [0.2, 0.25) is 0 Å². The number of hydrogen-bond acceptors (Lipinski definition) is 3. The van der Waals surface area contributed by atoms with Gasteiger partial charge >= 0.3 is 6.03 Å². The summed E-state index contributed by atoms with van der Waals surface area (Å²) in [5, 5.41) is 3.64. The standard InChI is InChI=1S/C15H24N4O/c1-12(13-4-8-16-9-5-13)17-14-6-10-19(11-7-14)15(20)18(2)3/h4-5,8-9,12,14,17H,6-7,10-11H2,1-3H3. The number of carbonyl (C=O) groups excluding carboxylic acids is 1. The molecule has 1 aliphatic rings. The molecule has 0 aromatic carbocycles. The van der Waals surface area contributed by atoms with Gasteiger partial charge in [-0.3, -0.25) is 4.98 Å². The number of nitrogens with one attached hydrogen (secondary N) is 1. The van der Waals surface area contributed by atoms with E-state index >= 15 is 0 Å². The number of nitrogens with zero attached hydrogens (tertiary/aromatic N) is 3.